The highest BCUT2D eigenvalue weighted by atomic mass is 16.5. The van der Waals surface area contributed by atoms with Gasteiger partial charge in [0.05, 0.1) is 13.2 Å². The summed E-state index contributed by atoms with van der Waals surface area (Å²) in [6.45, 7) is 9.31. The van der Waals surface area contributed by atoms with Crippen LogP contribution < -0.4 is 15.0 Å². The molecule has 0 radical (unpaired) electrons. The summed E-state index contributed by atoms with van der Waals surface area (Å²) >= 11 is 0. The zero-order valence-corrected chi connectivity index (χ0v) is 16.3. The molecular weight excluding hydrogens is 340 g/mol. The number of hydrogen-bond donors (Lipinski definition) is 1. The number of rotatable bonds is 6. The summed E-state index contributed by atoms with van der Waals surface area (Å²) in [7, 11) is 0. The lowest BCUT2D eigenvalue weighted by Gasteiger charge is -2.29. The Morgan fingerprint density at radius 3 is 2.52 bits per heavy atom. The molecule has 27 heavy (non-hydrogen) atoms. The number of anilines is 2. The van der Waals surface area contributed by atoms with Crippen LogP contribution in [0.25, 0.3) is 0 Å². The van der Waals surface area contributed by atoms with Crippen molar-refractivity contribution >= 4 is 17.3 Å². The van der Waals surface area contributed by atoms with Gasteiger partial charge < -0.3 is 19.7 Å². The molecule has 144 valence electrons. The van der Waals surface area contributed by atoms with Gasteiger partial charge in [0, 0.05) is 24.5 Å². The molecule has 1 unspecified atom stereocenters. The topological polar surface area (TPSA) is 50.8 Å². The summed E-state index contributed by atoms with van der Waals surface area (Å²) in [4.78, 5) is 15.0. The Labute approximate surface area is 161 Å². The molecule has 1 saturated heterocycles. The van der Waals surface area contributed by atoms with Gasteiger partial charge in [0.15, 0.2) is 6.10 Å². The molecule has 0 spiro atoms. The highest BCUT2D eigenvalue weighted by molar-refractivity contribution is 5.94. The number of aryl methyl sites for hydroxylation is 1. The maximum atomic E-state index is 12.7. The van der Waals surface area contributed by atoms with Gasteiger partial charge in [-0.3, -0.25) is 4.79 Å². The smallest absolute Gasteiger partial charge is 0.265 e. The van der Waals surface area contributed by atoms with Crippen LogP contribution in [0.4, 0.5) is 11.4 Å². The fourth-order valence-corrected chi connectivity index (χ4v) is 3.13. The third kappa shape index (κ3) is 4.80. The Morgan fingerprint density at radius 1 is 1.15 bits per heavy atom. The molecule has 1 aliphatic rings. The lowest BCUT2D eigenvalue weighted by Crippen LogP contribution is -2.36. The molecule has 1 atom stereocenters. The minimum Gasteiger partial charge on any atom is -0.480 e. The van der Waals surface area contributed by atoms with E-state index in [2.05, 4.69) is 10.2 Å². The minimum absolute atomic E-state index is 0.127. The Bertz CT molecular complexity index is 768. The molecule has 2 aromatic carbocycles. The number of amides is 1. The van der Waals surface area contributed by atoms with Crippen LogP contribution in [-0.4, -0.2) is 38.3 Å². The van der Waals surface area contributed by atoms with Crippen molar-refractivity contribution in [3.8, 4) is 5.75 Å². The first-order valence-corrected chi connectivity index (χ1v) is 9.55. The van der Waals surface area contributed by atoms with Crippen molar-refractivity contribution in [2.45, 2.75) is 33.3 Å². The quantitative estimate of drug-likeness (QED) is 0.839. The molecule has 5 heteroatoms. The molecular formula is C22H28N2O3. The summed E-state index contributed by atoms with van der Waals surface area (Å²) in [6.07, 6.45) is 0.0786. The molecule has 3 rings (SSSR count). The zero-order chi connectivity index (χ0) is 19.2. The lowest BCUT2D eigenvalue weighted by molar-refractivity contribution is -0.122. The standard InChI is InChI=1S/C22H28N2O3/c1-4-20(27-21-7-5-6-16(2)17(21)3)22(25)23-18-8-10-19(11-9-18)24-12-14-26-15-13-24/h5-11,20H,4,12-15H2,1-3H3,(H,23,25). The molecule has 0 aliphatic carbocycles. The van der Waals surface area contributed by atoms with Crippen LogP contribution in [0, 0.1) is 13.8 Å². The number of carbonyl (C=O) groups is 1. The SMILES string of the molecule is CCC(Oc1cccc(C)c1C)C(=O)Nc1ccc(N2CCOCC2)cc1. The minimum atomic E-state index is -0.524. The molecule has 0 bridgehead atoms. The number of nitrogens with zero attached hydrogens (tertiary/aromatic N) is 1. The highest BCUT2D eigenvalue weighted by Crippen LogP contribution is 2.23. The van der Waals surface area contributed by atoms with Crippen molar-refractivity contribution < 1.29 is 14.3 Å². The van der Waals surface area contributed by atoms with Crippen molar-refractivity contribution in [2.24, 2.45) is 0 Å². The van der Waals surface area contributed by atoms with E-state index in [9.17, 15) is 4.79 Å². The van der Waals surface area contributed by atoms with Crippen LogP contribution in [0.1, 0.15) is 24.5 Å². The van der Waals surface area contributed by atoms with E-state index in [0.717, 1.165) is 54.6 Å². The predicted octanol–water partition coefficient (Wildman–Crippen LogP) is 3.94. The number of hydrogen-bond acceptors (Lipinski definition) is 4. The van der Waals surface area contributed by atoms with Gasteiger partial charge in [0.2, 0.25) is 0 Å². The zero-order valence-electron chi connectivity index (χ0n) is 16.3. The van der Waals surface area contributed by atoms with E-state index in [1.54, 1.807) is 0 Å². The van der Waals surface area contributed by atoms with Gasteiger partial charge in [0.1, 0.15) is 5.75 Å². The largest absolute Gasteiger partial charge is 0.480 e. The summed E-state index contributed by atoms with van der Waals surface area (Å²) in [5.74, 6) is 0.636. The third-order valence-corrected chi connectivity index (χ3v) is 5.00. The van der Waals surface area contributed by atoms with Crippen molar-refractivity contribution in [1.82, 2.24) is 0 Å². The molecule has 1 amide bonds. The average molecular weight is 368 g/mol. The first-order valence-electron chi connectivity index (χ1n) is 9.55. The Morgan fingerprint density at radius 2 is 1.85 bits per heavy atom. The Hall–Kier alpha value is -2.53. The molecule has 1 heterocycles. The molecule has 1 N–H and O–H groups in total. The molecule has 1 fully saturated rings. The summed E-state index contributed by atoms with van der Waals surface area (Å²) < 4.78 is 11.4. The van der Waals surface area contributed by atoms with E-state index >= 15 is 0 Å². The van der Waals surface area contributed by atoms with Crippen LogP contribution in [0.5, 0.6) is 5.75 Å². The van der Waals surface area contributed by atoms with Gasteiger partial charge in [0.25, 0.3) is 5.91 Å². The fraction of sp³-hybridized carbons (Fsp3) is 0.409. The van der Waals surface area contributed by atoms with E-state index in [0.29, 0.717) is 6.42 Å². The normalized spacial score (nSPS) is 15.3. The van der Waals surface area contributed by atoms with E-state index in [1.807, 2.05) is 63.2 Å². The van der Waals surface area contributed by atoms with Crippen LogP contribution in [0.2, 0.25) is 0 Å². The third-order valence-electron chi connectivity index (χ3n) is 5.00. The first-order chi connectivity index (χ1) is 13.1. The molecule has 2 aromatic rings. The molecule has 0 saturated carbocycles. The molecule has 1 aliphatic heterocycles. The van der Waals surface area contributed by atoms with Gasteiger partial charge in [-0.15, -0.1) is 0 Å². The van der Waals surface area contributed by atoms with Crippen molar-refractivity contribution in [2.75, 3.05) is 36.5 Å². The van der Waals surface area contributed by atoms with Crippen LogP contribution in [-0.2, 0) is 9.53 Å². The summed E-state index contributed by atoms with van der Waals surface area (Å²) in [6, 6.07) is 13.9. The number of morpholine rings is 1. The van der Waals surface area contributed by atoms with E-state index in [4.69, 9.17) is 9.47 Å². The van der Waals surface area contributed by atoms with E-state index < -0.39 is 6.10 Å². The van der Waals surface area contributed by atoms with Gasteiger partial charge in [-0.2, -0.15) is 0 Å². The van der Waals surface area contributed by atoms with E-state index in [1.165, 1.54) is 0 Å². The second-order valence-electron chi connectivity index (χ2n) is 6.85. The number of ether oxygens (including phenoxy) is 2. The maximum absolute atomic E-state index is 12.7. The molecule has 5 nitrogen and oxygen atoms in total. The van der Waals surface area contributed by atoms with Gasteiger partial charge in [-0.1, -0.05) is 19.1 Å². The lowest BCUT2D eigenvalue weighted by atomic mass is 10.1. The Balaban J connectivity index is 1.63. The van der Waals surface area contributed by atoms with Crippen LogP contribution in [0.15, 0.2) is 42.5 Å². The fourth-order valence-electron chi connectivity index (χ4n) is 3.13. The van der Waals surface area contributed by atoms with Gasteiger partial charge in [-0.05, 0) is 61.7 Å². The van der Waals surface area contributed by atoms with Gasteiger partial charge >= 0.3 is 0 Å². The van der Waals surface area contributed by atoms with Crippen molar-refractivity contribution in [1.29, 1.82) is 0 Å². The van der Waals surface area contributed by atoms with Crippen molar-refractivity contribution in [3.63, 3.8) is 0 Å². The Kier molecular flexibility index (Phi) is 6.35. The maximum Gasteiger partial charge on any atom is 0.265 e. The van der Waals surface area contributed by atoms with Crippen LogP contribution in [0.3, 0.4) is 0 Å². The summed E-state index contributed by atoms with van der Waals surface area (Å²) in [5.41, 5.74) is 4.15. The van der Waals surface area contributed by atoms with E-state index in [-0.39, 0.29) is 5.91 Å². The predicted molar refractivity (Wildman–Crippen MR) is 109 cm³/mol. The van der Waals surface area contributed by atoms with Crippen LogP contribution >= 0.6 is 0 Å². The second-order valence-corrected chi connectivity index (χ2v) is 6.85. The van der Waals surface area contributed by atoms with Crippen molar-refractivity contribution in [3.05, 3.63) is 53.6 Å². The monoisotopic (exact) mass is 368 g/mol. The summed E-state index contributed by atoms with van der Waals surface area (Å²) in [5, 5.41) is 2.97. The second kappa shape index (κ2) is 8.91. The number of carbonyl (C=O) groups excluding carboxylic acids is 1. The average Bonchev–Trinajstić information content (AvgIpc) is 2.70. The number of benzene rings is 2. The van der Waals surface area contributed by atoms with Gasteiger partial charge in [-0.25, -0.2) is 0 Å². The first kappa shape index (κ1) is 19.2. The number of nitrogens with one attached hydrogen (secondary N) is 1. The molecule has 0 aromatic heterocycles. The highest BCUT2D eigenvalue weighted by Gasteiger charge is 2.20.